The van der Waals surface area contributed by atoms with Crippen molar-refractivity contribution in [3.05, 3.63) is 18.3 Å². The number of carbonyl (C=O) groups excluding carboxylic acids is 1. The number of halogens is 2. The highest BCUT2D eigenvalue weighted by atomic mass is 19.3. The second kappa shape index (κ2) is 4.50. The molecule has 1 aromatic heterocycles. The van der Waals surface area contributed by atoms with Gasteiger partial charge in [0, 0.05) is 6.92 Å². The summed E-state index contributed by atoms with van der Waals surface area (Å²) < 4.78 is 27.5. The number of ether oxygens (including phenoxy) is 1. The summed E-state index contributed by atoms with van der Waals surface area (Å²) in [5.74, 6) is -0.0340. The maximum Gasteiger partial charge on any atom is 0.387 e. The molecule has 0 bridgehead atoms. The molecule has 0 aliphatic heterocycles. The Kier molecular flexibility index (Phi) is 3.33. The van der Waals surface area contributed by atoms with Crippen molar-refractivity contribution in [1.82, 2.24) is 4.98 Å². The van der Waals surface area contributed by atoms with Gasteiger partial charge < -0.3 is 10.1 Å². The van der Waals surface area contributed by atoms with Gasteiger partial charge in [-0.05, 0) is 12.1 Å². The summed E-state index contributed by atoms with van der Waals surface area (Å²) in [5.41, 5.74) is 0. The van der Waals surface area contributed by atoms with Crippen LogP contribution in [0, 0.1) is 0 Å². The van der Waals surface area contributed by atoms with E-state index in [1.807, 2.05) is 0 Å². The van der Waals surface area contributed by atoms with Crippen LogP contribution in [0.1, 0.15) is 6.92 Å². The van der Waals surface area contributed by atoms with Crippen LogP contribution in [-0.4, -0.2) is 17.5 Å². The first-order valence-electron chi connectivity index (χ1n) is 3.76. The van der Waals surface area contributed by atoms with Gasteiger partial charge in [0.2, 0.25) is 5.91 Å². The van der Waals surface area contributed by atoms with Gasteiger partial charge in [0.15, 0.2) is 0 Å². The molecule has 0 atom stereocenters. The molecular weight excluding hydrogens is 194 g/mol. The molecule has 0 aliphatic carbocycles. The first-order valence-corrected chi connectivity index (χ1v) is 3.76. The molecule has 0 radical (unpaired) electrons. The zero-order valence-corrected chi connectivity index (χ0v) is 7.33. The van der Waals surface area contributed by atoms with Gasteiger partial charge in [-0.15, -0.1) is 0 Å². The number of aromatic nitrogens is 1. The van der Waals surface area contributed by atoms with Gasteiger partial charge in [-0.1, -0.05) is 0 Å². The van der Waals surface area contributed by atoms with Crippen molar-refractivity contribution in [2.45, 2.75) is 13.5 Å². The van der Waals surface area contributed by atoms with Gasteiger partial charge in [-0.25, -0.2) is 4.98 Å². The molecule has 1 amide bonds. The quantitative estimate of drug-likeness (QED) is 0.810. The van der Waals surface area contributed by atoms with E-state index < -0.39 is 6.61 Å². The van der Waals surface area contributed by atoms with Gasteiger partial charge >= 0.3 is 6.61 Å². The van der Waals surface area contributed by atoms with E-state index >= 15 is 0 Å². The number of nitrogens with zero attached hydrogens (tertiary/aromatic N) is 1. The van der Waals surface area contributed by atoms with Crippen LogP contribution in [0.3, 0.4) is 0 Å². The van der Waals surface area contributed by atoms with E-state index in [0.29, 0.717) is 5.82 Å². The van der Waals surface area contributed by atoms with Crippen LogP contribution < -0.4 is 10.1 Å². The largest absolute Gasteiger partial charge is 0.433 e. The van der Waals surface area contributed by atoms with Crippen LogP contribution in [0.25, 0.3) is 0 Å². The number of anilines is 1. The van der Waals surface area contributed by atoms with Crippen molar-refractivity contribution in [3.8, 4) is 5.75 Å². The van der Waals surface area contributed by atoms with Crippen LogP contribution in [0.15, 0.2) is 18.3 Å². The fraction of sp³-hybridized carbons (Fsp3) is 0.250. The standard InChI is InChI=1S/C8H8F2N2O2/c1-5(13)12-7-3-2-6(4-11-7)14-8(9)10/h2-4,8H,1H3,(H,11,12,13). The summed E-state index contributed by atoms with van der Waals surface area (Å²) in [6, 6.07) is 2.67. The van der Waals surface area contributed by atoms with E-state index in [9.17, 15) is 13.6 Å². The van der Waals surface area contributed by atoms with Crippen molar-refractivity contribution in [2.24, 2.45) is 0 Å². The average molecular weight is 202 g/mol. The number of nitrogens with one attached hydrogen (secondary N) is 1. The van der Waals surface area contributed by atoms with Crippen molar-refractivity contribution in [2.75, 3.05) is 5.32 Å². The molecule has 1 heterocycles. The zero-order valence-electron chi connectivity index (χ0n) is 7.33. The number of pyridine rings is 1. The Bertz CT molecular complexity index is 314. The number of hydrogen-bond acceptors (Lipinski definition) is 3. The molecule has 0 unspecified atom stereocenters. The van der Waals surface area contributed by atoms with Gasteiger partial charge in [0.1, 0.15) is 11.6 Å². The molecule has 0 fully saturated rings. The highest BCUT2D eigenvalue weighted by molar-refractivity contribution is 5.87. The zero-order chi connectivity index (χ0) is 10.6. The van der Waals surface area contributed by atoms with Gasteiger partial charge in [0.25, 0.3) is 0 Å². The molecule has 0 aliphatic rings. The Morgan fingerprint density at radius 3 is 2.71 bits per heavy atom. The van der Waals surface area contributed by atoms with E-state index in [4.69, 9.17) is 0 Å². The first kappa shape index (κ1) is 10.4. The predicted octanol–water partition coefficient (Wildman–Crippen LogP) is 1.64. The smallest absolute Gasteiger partial charge is 0.387 e. The minimum absolute atomic E-state index is 0.0471. The van der Waals surface area contributed by atoms with E-state index in [1.165, 1.54) is 19.1 Å². The maximum atomic E-state index is 11.7. The molecule has 1 N–H and O–H groups in total. The number of amides is 1. The monoisotopic (exact) mass is 202 g/mol. The molecule has 0 saturated carbocycles. The number of carbonyl (C=O) groups is 1. The summed E-state index contributed by atoms with van der Waals surface area (Å²) >= 11 is 0. The van der Waals surface area contributed by atoms with E-state index in [0.717, 1.165) is 6.20 Å². The van der Waals surface area contributed by atoms with E-state index in [2.05, 4.69) is 15.0 Å². The van der Waals surface area contributed by atoms with Crippen molar-refractivity contribution >= 4 is 11.7 Å². The van der Waals surface area contributed by atoms with Crippen LogP contribution in [0.4, 0.5) is 14.6 Å². The highest BCUT2D eigenvalue weighted by Crippen LogP contribution is 2.14. The lowest BCUT2D eigenvalue weighted by atomic mass is 10.4. The summed E-state index contributed by atoms with van der Waals surface area (Å²) in [4.78, 5) is 14.3. The fourth-order valence-electron chi connectivity index (χ4n) is 0.807. The van der Waals surface area contributed by atoms with Crippen molar-refractivity contribution < 1.29 is 18.3 Å². The summed E-state index contributed by atoms with van der Waals surface area (Å²) in [6.45, 7) is -1.55. The molecule has 6 heteroatoms. The normalized spacial score (nSPS) is 10.0. The van der Waals surface area contributed by atoms with Crippen molar-refractivity contribution in [3.63, 3.8) is 0 Å². The Labute approximate surface area is 78.9 Å². The third-order valence-corrected chi connectivity index (χ3v) is 1.27. The van der Waals surface area contributed by atoms with Gasteiger partial charge in [-0.3, -0.25) is 4.79 Å². The topological polar surface area (TPSA) is 51.2 Å². The summed E-state index contributed by atoms with van der Waals surface area (Å²) in [6.07, 6.45) is 1.11. The maximum absolute atomic E-state index is 11.7. The SMILES string of the molecule is CC(=O)Nc1ccc(OC(F)F)cn1. The lowest BCUT2D eigenvalue weighted by Crippen LogP contribution is -2.07. The van der Waals surface area contributed by atoms with Crippen molar-refractivity contribution in [1.29, 1.82) is 0 Å². The number of rotatable bonds is 3. The van der Waals surface area contributed by atoms with Crippen LogP contribution >= 0.6 is 0 Å². The second-order valence-corrected chi connectivity index (χ2v) is 2.44. The first-order chi connectivity index (χ1) is 6.58. The minimum atomic E-state index is -2.87. The lowest BCUT2D eigenvalue weighted by molar-refractivity contribution is -0.114. The molecule has 76 valence electrons. The summed E-state index contributed by atoms with van der Waals surface area (Å²) in [5, 5.41) is 2.39. The van der Waals surface area contributed by atoms with Gasteiger partial charge in [-0.2, -0.15) is 8.78 Å². The highest BCUT2D eigenvalue weighted by Gasteiger charge is 2.04. The molecular formula is C8H8F2N2O2. The Morgan fingerprint density at radius 1 is 1.57 bits per heavy atom. The fourth-order valence-corrected chi connectivity index (χ4v) is 0.807. The number of alkyl halides is 2. The lowest BCUT2D eigenvalue weighted by Gasteiger charge is -2.04. The Balaban J connectivity index is 2.63. The van der Waals surface area contributed by atoms with Crippen LogP contribution in [0.5, 0.6) is 5.75 Å². The molecule has 0 spiro atoms. The minimum Gasteiger partial charge on any atom is -0.433 e. The Hall–Kier alpha value is -1.72. The molecule has 0 saturated heterocycles. The number of hydrogen-bond donors (Lipinski definition) is 1. The average Bonchev–Trinajstić information content (AvgIpc) is 2.06. The third-order valence-electron chi connectivity index (χ3n) is 1.27. The third kappa shape index (κ3) is 3.34. The van der Waals surface area contributed by atoms with Crippen LogP contribution in [0.2, 0.25) is 0 Å². The van der Waals surface area contributed by atoms with E-state index in [-0.39, 0.29) is 11.7 Å². The summed E-state index contributed by atoms with van der Waals surface area (Å²) in [7, 11) is 0. The predicted molar refractivity (Wildman–Crippen MR) is 45.2 cm³/mol. The van der Waals surface area contributed by atoms with Gasteiger partial charge in [0.05, 0.1) is 6.20 Å². The molecule has 4 nitrogen and oxygen atoms in total. The molecule has 1 aromatic rings. The molecule has 1 rings (SSSR count). The second-order valence-electron chi connectivity index (χ2n) is 2.44. The molecule has 14 heavy (non-hydrogen) atoms. The Morgan fingerprint density at radius 2 is 2.29 bits per heavy atom. The molecule has 0 aromatic carbocycles. The van der Waals surface area contributed by atoms with E-state index in [1.54, 1.807) is 0 Å². The van der Waals surface area contributed by atoms with Crippen LogP contribution in [-0.2, 0) is 4.79 Å².